The standard InChI is InChI=1S/C58H35NOS2/c1-2-11-44-36(10-1)28-35-51-55-43(14-9-19-52(55)60-56(44)51)37-22-29-40(30-23-37)59(41-31-24-38(25-32-41)45-15-7-17-49-47-12-3-5-20-53(47)61-57(45)49)42-33-26-39(27-34-42)46-16-8-18-50-48-13-4-6-21-54(48)62-58(46)50/h1-35H. The molecular formula is C58H35NOS2. The SMILES string of the molecule is c1ccc2c(c1)ccc1c2oc2cccc(-c3ccc(N(c4ccc(-c5cccc6c5sc5ccccc56)cc4)c4ccc(-c5cccc6c5sc5ccccc56)cc4)cc3)c21. The number of furan rings is 1. The summed E-state index contributed by atoms with van der Waals surface area (Å²) in [5.41, 5.74) is 12.4. The highest BCUT2D eigenvalue weighted by Gasteiger charge is 2.19. The summed E-state index contributed by atoms with van der Waals surface area (Å²) in [4.78, 5) is 2.37. The third-order valence-electron chi connectivity index (χ3n) is 12.5. The van der Waals surface area contributed by atoms with Gasteiger partial charge < -0.3 is 9.32 Å². The Labute approximate surface area is 365 Å². The van der Waals surface area contributed by atoms with Crippen molar-refractivity contribution in [2.75, 3.05) is 4.90 Å². The third kappa shape index (κ3) is 5.54. The Morgan fingerprint density at radius 1 is 0.323 bits per heavy atom. The van der Waals surface area contributed by atoms with E-state index >= 15 is 0 Å². The van der Waals surface area contributed by atoms with Gasteiger partial charge in [-0.3, -0.25) is 0 Å². The van der Waals surface area contributed by atoms with Crippen molar-refractivity contribution in [3.05, 3.63) is 212 Å². The molecule has 0 saturated carbocycles. The molecule has 0 aliphatic carbocycles. The molecule has 0 bridgehead atoms. The van der Waals surface area contributed by atoms with Gasteiger partial charge in [0.25, 0.3) is 0 Å². The molecule has 13 rings (SSSR count). The van der Waals surface area contributed by atoms with E-state index in [1.54, 1.807) is 0 Å². The number of nitrogens with zero attached hydrogens (tertiary/aromatic N) is 1. The van der Waals surface area contributed by atoms with E-state index < -0.39 is 0 Å². The molecular weight excluding hydrogens is 791 g/mol. The zero-order chi connectivity index (χ0) is 40.7. The van der Waals surface area contributed by atoms with E-state index in [1.165, 1.54) is 68.0 Å². The minimum absolute atomic E-state index is 0.900. The molecule has 290 valence electrons. The van der Waals surface area contributed by atoms with Gasteiger partial charge in [-0.05, 0) is 99.4 Å². The van der Waals surface area contributed by atoms with Crippen molar-refractivity contribution in [1.82, 2.24) is 0 Å². The molecule has 4 heteroatoms. The molecule has 0 aliphatic heterocycles. The van der Waals surface area contributed by atoms with Crippen molar-refractivity contribution in [3.63, 3.8) is 0 Å². The average molecular weight is 826 g/mol. The van der Waals surface area contributed by atoms with Crippen LogP contribution >= 0.6 is 22.7 Å². The van der Waals surface area contributed by atoms with Crippen molar-refractivity contribution in [2.24, 2.45) is 0 Å². The summed E-state index contributed by atoms with van der Waals surface area (Å²) in [6, 6.07) is 77.3. The molecule has 0 atom stereocenters. The first-order chi connectivity index (χ1) is 30.7. The van der Waals surface area contributed by atoms with Crippen LogP contribution in [0.15, 0.2) is 217 Å². The van der Waals surface area contributed by atoms with Crippen LogP contribution in [-0.4, -0.2) is 0 Å². The summed E-state index contributed by atoms with van der Waals surface area (Å²) in [5, 5.41) is 9.86. The molecule has 3 aromatic heterocycles. The lowest BCUT2D eigenvalue weighted by Crippen LogP contribution is -2.09. The molecule has 0 aliphatic rings. The Hall–Kier alpha value is -7.50. The zero-order valence-electron chi connectivity index (χ0n) is 33.4. The van der Waals surface area contributed by atoms with E-state index in [2.05, 4.69) is 217 Å². The van der Waals surface area contributed by atoms with Gasteiger partial charge in [0, 0.05) is 73.6 Å². The Morgan fingerprint density at radius 2 is 0.774 bits per heavy atom. The fourth-order valence-corrected chi connectivity index (χ4v) is 12.0. The second-order valence-corrected chi connectivity index (χ2v) is 18.1. The van der Waals surface area contributed by atoms with E-state index in [1.807, 2.05) is 22.7 Å². The van der Waals surface area contributed by atoms with E-state index in [-0.39, 0.29) is 0 Å². The molecule has 3 heterocycles. The van der Waals surface area contributed by atoms with Gasteiger partial charge in [0.15, 0.2) is 0 Å². The normalized spacial score (nSPS) is 11.9. The summed E-state index contributed by atoms with van der Waals surface area (Å²) in [5.74, 6) is 0. The lowest BCUT2D eigenvalue weighted by Gasteiger charge is -2.26. The van der Waals surface area contributed by atoms with Gasteiger partial charge in [0.1, 0.15) is 11.2 Å². The number of hydrogen-bond donors (Lipinski definition) is 0. The van der Waals surface area contributed by atoms with Gasteiger partial charge >= 0.3 is 0 Å². The van der Waals surface area contributed by atoms with Crippen LogP contribution in [0.5, 0.6) is 0 Å². The number of benzene rings is 10. The summed E-state index contributed by atoms with van der Waals surface area (Å²) in [6.07, 6.45) is 0. The first kappa shape index (κ1) is 35.3. The summed E-state index contributed by atoms with van der Waals surface area (Å²) in [6.45, 7) is 0. The van der Waals surface area contributed by atoms with Crippen molar-refractivity contribution in [1.29, 1.82) is 0 Å². The highest BCUT2D eigenvalue weighted by molar-refractivity contribution is 7.26. The highest BCUT2D eigenvalue weighted by atomic mass is 32.1. The van der Waals surface area contributed by atoms with Gasteiger partial charge in [-0.25, -0.2) is 0 Å². The summed E-state index contributed by atoms with van der Waals surface area (Å²) >= 11 is 3.75. The number of fused-ring (bicyclic) bond motifs is 11. The van der Waals surface area contributed by atoms with Crippen LogP contribution in [0, 0.1) is 0 Å². The van der Waals surface area contributed by atoms with Crippen molar-refractivity contribution >= 4 is 113 Å². The molecule has 0 radical (unpaired) electrons. The quantitative estimate of drug-likeness (QED) is 0.166. The van der Waals surface area contributed by atoms with Crippen molar-refractivity contribution < 1.29 is 4.42 Å². The van der Waals surface area contributed by atoms with E-state index in [0.29, 0.717) is 0 Å². The molecule has 0 fully saturated rings. The highest BCUT2D eigenvalue weighted by Crippen LogP contribution is 2.45. The summed E-state index contributed by atoms with van der Waals surface area (Å²) in [7, 11) is 0. The number of thiophene rings is 2. The molecule has 62 heavy (non-hydrogen) atoms. The van der Waals surface area contributed by atoms with Crippen LogP contribution in [0.25, 0.3) is 106 Å². The van der Waals surface area contributed by atoms with Crippen LogP contribution in [0.4, 0.5) is 17.1 Å². The topological polar surface area (TPSA) is 16.4 Å². The predicted molar refractivity (Wildman–Crippen MR) is 268 cm³/mol. The number of rotatable bonds is 6. The minimum atomic E-state index is 0.900. The van der Waals surface area contributed by atoms with E-state index in [4.69, 9.17) is 4.42 Å². The molecule has 0 amide bonds. The maximum absolute atomic E-state index is 6.56. The maximum Gasteiger partial charge on any atom is 0.143 e. The molecule has 10 aromatic carbocycles. The van der Waals surface area contributed by atoms with Gasteiger partial charge in [-0.2, -0.15) is 0 Å². The van der Waals surface area contributed by atoms with E-state index in [9.17, 15) is 0 Å². The fraction of sp³-hybridized carbons (Fsp3) is 0. The van der Waals surface area contributed by atoms with Crippen LogP contribution in [0.3, 0.4) is 0 Å². The Kier molecular flexibility index (Phi) is 7.99. The van der Waals surface area contributed by atoms with Gasteiger partial charge in [-0.1, -0.05) is 152 Å². The van der Waals surface area contributed by atoms with E-state index in [0.717, 1.165) is 55.5 Å². The second kappa shape index (κ2) is 14.0. The van der Waals surface area contributed by atoms with Gasteiger partial charge in [-0.15, -0.1) is 22.7 Å². The molecule has 0 unspecified atom stereocenters. The van der Waals surface area contributed by atoms with Crippen molar-refractivity contribution in [2.45, 2.75) is 0 Å². The fourth-order valence-electron chi connectivity index (χ4n) is 9.56. The Morgan fingerprint density at radius 3 is 1.34 bits per heavy atom. The molecule has 13 aromatic rings. The zero-order valence-corrected chi connectivity index (χ0v) is 35.0. The monoisotopic (exact) mass is 825 g/mol. The van der Waals surface area contributed by atoms with Crippen LogP contribution in [0.2, 0.25) is 0 Å². The van der Waals surface area contributed by atoms with Crippen molar-refractivity contribution in [3.8, 4) is 33.4 Å². The first-order valence-electron chi connectivity index (χ1n) is 21.0. The lowest BCUT2D eigenvalue weighted by atomic mass is 9.97. The molecule has 2 nitrogen and oxygen atoms in total. The summed E-state index contributed by atoms with van der Waals surface area (Å²) < 4.78 is 11.8. The molecule has 0 saturated heterocycles. The molecule has 0 spiro atoms. The van der Waals surface area contributed by atoms with Gasteiger partial charge in [0.05, 0.1) is 0 Å². The van der Waals surface area contributed by atoms with Crippen LogP contribution in [0.1, 0.15) is 0 Å². The second-order valence-electron chi connectivity index (χ2n) is 16.0. The van der Waals surface area contributed by atoms with Gasteiger partial charge in [0.2, 0.25) is 0 Å². The average Bonchev–Trinajstić information content (AvgIpc) is 4.04. The maximum atomic E-state index is 6.56. The first-order valence-corrected chi connectivity index (χ1v) is 22.6. The predicted octanol–water partition coefficient (Wildman–Crippen LogP) is 17.9. The molecule has 0 N–H and O–H groups in total. The largest absolute Gasteiger partial charge is 0.455 e. The Balaban J connectivity index is 0.920. The minimum Gasteiger partial charge on any atom is -0.455 e. The lowest BCUT2D eigenvalue weighted by molar-refractivity contribution is 0.673. The van der Waals surface area contributed by atoms with Crippen LogP contribution < -0.4 is 4.90 Å². The van der Waals surface area contributed by atoms with Crippen LogP contribution in [-0.2, 0) is 0 Å². The smallest absolute Gasteiger partial charge is 0.143 e. The number of hydrogen-bond acceptors (Lipinski definition) is 4. The number of anilines is 3. The third-order valence-corrected chi connectivity index (χ3v) is 14.9. The Bertz CT molecular complexity index is 3700.